The zero-order valence-corrected chi connectivity index (χ0v) is 40.6. The van der Waals surface area contributed by atoms with Crippen molar-refractivity contribution in [3.63, 3.8) is 0 Å². The van der Waals surface area contributed by atoms with E-state index in [2.05, 4.69) is 22.8 Å². The van der Waals surface area contributed by atoms with Crippen molar-refractivity contribution in [2.24, 2.45) is 23.7 Å². The zero-order valence-electron chi connectivity index (χ0n) is 39.8. The minimum atomic E-state index is -0.908. The average molecular weight is 897 g/mol. The van der Waals surface area contributed by atoms with Gasteiger partial charge in [-0.25, -0.2) is 0 Å². The van der Waals surface area contributed by atoms with Gasteiger partial charge in [0.15, 0.2) is 0 Å². The number of nitrogens with zero attached hydrogens (tertiary/aromatic N) is 4. The summed E-state index contributed by atoms with van der Waals surface area (Å²) in [7, 11) is 6.56. The van der Waals surface area contributed by atoms with Gasteiger partial charge in [-0.05, 0) is 55.4 Å². The molecule has 0 saturated carbocycles. The third kappa shape index (κ3) is 14.7. The Morgan fingerprint density at radius 2 is 1.54 bits per heavy atom. The third-order valence-corrected chi connectivity index (χ3v) is 13.4. The maximum atomic E-state index is 14.5. The number of benzene rings is 1. The second-order valence-corrected chi connectivity index (χ2v) is 18.5. The summed E-state index contributed by atoms with van der Waals surface area (Å²) in [6.07, 6.45) is 6.71. The third-order valence-electron chi connectivity index (χ3n) is 12.9. The number of hydrogen-bond acceptors (Lipinski definition) is 9. The van der Waals surface area contributed by atoms with Crippen LogP contribution in [0.5, 0.6) is 0 Å². The largest absolute Gasteiger partial charge is 0.379 e. The number of amides is 6. The van der Waals surface area contributed by atoms with Gasteiger partial charge in [-0.15, -0.1) is 0 Å². The van der Waals surface area contributed by atoms with Crippen LogP contribution in [0.25, 0.3) is 0 Å². The molecule has 0 bridgehead atoms. The topological polar surface area (TPSA) is 158 Å². The summed E-state index contributed by atoms with van der Waals surface area (Å²) in [6, 6.07) is 7.82. The number of carbonyl (C=O) groups is 6. The average Bonchev–Trinajstić information content (AvgIpc) is 3.87. The fraction of sp³-hybridized carbons (Fsp3) is 0.688. The minimum Gasteiger partial charge on any atom is -0.379 e. The molecular weight excluding hydrogens is 821 g/mol. The summed E-state index contributed by atoms with van der Waals surface area (Å²) in [6.45, 7) is 15.2. The van der Waals surface area contributed by atoms with Crippen molar-refractivity contribution < 1.29 is 38.2 Å². The Hall–Kier alpha value is -4.21. The van der Waals surface area contributed by atoms with Crippen LogP contribution in [-0.2, 0) is 44.7 Å². The van der Waals surface area contributed by atoms with Crippen LogP contribution in [0.1, 0.15) is 105 Å². The molecule has 1 aromatic rings. The van der Waals surface area contributed by atoms with Crippen LogP contribution in [0.15, 0.2) is 42.5 Å². The van der Waals surface area contributed by atoms with Crippen molar-refractivity contribution in [1.82, 2.24) is 30.2 Å². The van der Waals surface area contributed by atoms with Crippen LogP contribution in [0, 0.1) is 23.7 Å². The molecule has 2 N–H and O–H groups in total. The highest BCUT2D eigenvalue weighted by molar-refractivity contribution is 7.80. The Labute approximate surface area is 382 Å². The molecule has 8 atom stereocenters. The van der Waals surface area contributed by atoms with E-state index in [-0.39, 0.29) is 78.2 Å². The van der Waals surface area contributed by atoms with Gasteiger partial charge in [0.2, 0.25) is 23.6 Å². The molecule has 63 heavy (non-hydrogen) atoms. The summed E-state index contributed by atoms with van der Waals surface area (Å²) in [5, 5.41) is 6.42. The fourth-order valence-electron chi connectivity index (χ4n) is 9.05. The second kappa shape index (κ2) is 25.9. The molecule has 0 spiro atoms. The number of hydrogen-bond donors (Lipinski definition) is 2. The van der Waals surface area contributed by atoms with Gasteiger partial charge in [0, 0.05) is 72.4 Å². The number of rotatable bonds is 26. The maximum absolute atomic E-state index is 14.5. The first-order valence-electron chi connectivity index (χ1n) is 22.9. The monoisotopic (exact) mass is 897 g/mol. The van der Waals surface area contributed by atoms with Crippen molar-refractivity contribution in [3.8, 4) is 0 Å². The van der Waals surface area contributed by atoms with E-state index < -0.39 is 30.1 Å². The lowest BCUT2D eigenvalue weighted by molar-refractivity contribution is -0.148. The van der Waals surface area contributed by atoms with Crippen molar-refractivity contribution in [2.45, 2.75) is 143 Å². The van der Waals surface area contributed by atoms with E-state index >= 15 is 0 Å². The summed E-state index contributed by atoms with van der Waals surface area (Å²) in [4.78, 5) is 86.8. The van der Waals surface area contributed by atoms with Crippen molar-refractivity contribution >= 4 is 52.6 Å². The quantitative estimate of drug-likeness (QED) is 0.0722. The fourth-order valence-corrected chi connectivity index (χ4v) is 9.28. The van der Waals surface area contributed by atoms with E-state index in [1.807, 2.05) is 71.6 Å². The number of likely N-dealkylation sites (N-methyl/N-ethyl adjacent to an activating group) is 2. The summed E-state index contributed by atoms with van der Waals surface area (Å²) in [5.74, 6) is -2.41. The molecular formula is C48H76N6O8S. The molecule has 2 heterocycles. The number of methoxy groups -OCH3 is 2. The van der Waals surface area contributed by atoms with Crippen LogP contribution in [0.3, 0.4) is 0 Å². The number of imide groups is 1. The number of ether oxygens (including phenoxy) is 2. The van der Waals surface area contributed by atoms with E-state index in [9.17, 15) is 28.8 Å². The SMILES string of the molecule is CCC(C)C(C(CC(=O)N1CCC[C@H]1C(OC)C(C)C(=S)NCCc1ccccc1)OC)N(C)C(=O)C(NC(=O)C(C(C)C)N(C)C(=O)CCCCCN1C(=O)C=CC1=O)C(C)C. The first-order chi connectivity index (χ1) is 29.9. The molecule has 15 heteroatoms. The molecule has 6 amide bonds. The Kier molecular flexibility index (Phi) is 21.9. The van der Waals surface area contributed by atoms with Gasteiger partial charge >= 0.3 is 0 Å². The van der Waals surface area contributed by atoms with Gasteiger partial charge in [0.25, 0.3) is 11.8 Å². The molecule has 0 aromatic heterocycles. The normalized spacial score (nSPS) is 18.5. The number of thiocarbonyl (C=S) groups is 1. The molecule has 0 radical (unpaired) electrons. The highest BCUT2D eigenvalue weighted by Crippen LogP contribution is 2.30. The zero-order chi connectivity index (χ0) is 47.0. The molecule has 1 saturated heterocycles. The standard InChI is InChI=1S/C48H76N6O8S/c1-12-33(6)44(37(61-10)30-41(58)53-29-19-22-36(53)45(62-11)34(7)47(63)49-27-26-35-20-15-13-16-21-35)52(9)48(60)42(31(2)3)50-46(59)43(32(4)5)51(8)38(55)23-17-14-18-28-54-39(56)24-25-40(54)57/h13,15-16,20-21,24-25,31-34,36-37,42-45H,12,14,17-19,22-23,26-30H2,1-11H3,(H,49,63)(H,50,59)/t33?,34?,36-,37?,42?,43?,44?,45?/m0/s1. The number of unbranched alkanes of at least 4 members (excludes halogenated alkanes) is 2. The molecule has 1 aromatic carbocycles. The van der Waals surface area contributed by atoms with Crippen LogP contribution in [0.4, 0.5) is 0 Å². The summed E-state index contributed by atoms with van der Waals surface area (Å²) >= 11 is 5.84. The number of carbonyl (C=O) groups excluding carboxylic acids is 6. The van der Waals surface area contributed by atoms with Gasteiger partial charge in [0.05, 0.1) is 35.7 Å². The maximum Gasteiger partial charge on any atom is 0.253 e. The van der Waals surface area contributed by atoms with Crippen LogP contribution in [0.2, 0.25) is 0 Å². The first-order valence-corrected chi connectivity index (χ1v) is 23.3. The Bertz CT molecular complexity index is 1710. The predicted molar refractivity (Wildman–Crippen MR) is 249 cm³/mol. The molecule has 1 fully saturated rings. The summed E-state index contributed by atoms with van der Waals surface area (Å²) in [5.41, 5.74) is 1.22. The van der Waals surface area contributed by atoms with Crippen LogP contribution in [-0.4, -0.2) is 144 Å². The van der Waals surface area contributed by atoms with E-state index in [0.717, 1.165) is 19.3 Å². The minimum absolute atomic E-state index is 0.0525. The van der Waals surface area contributed by atoms with Gasteiger partial charge in [-0.3, -0.25) is 33.7 Å². The van der Waals surface area contributed by atoms with E-state index in [4.69, 9.17) is 21.7 Å². The molecule has 2 aliphatic rings. The molecule has 2 aliphatic heterocycles. The van der Waals surface area contributed by atoms with Gasteiger partial charge in [-0.1, -0.05) is 104 Å². The lowest BCUT2D eigenvalue weighted by Crippen LogP contribution is -2.60. The second-order valence-electron chi connectivity index (χ2n) is 18.0. The molecule has 0 aliphatic carbocycles. The Morgan fingerprint density at radius 1 is 0.889 bits per heavy atom. The van der Waals surface area contributed by atoms with Gasteiger partial charge in [-0.2, -0.15) is 0 Å². The molecule has 3 rings (SSSR count). The van der Waals surface area contributed by atoms with Crippen LogP contribution >= 0.6 is 12.2 Å². The van der Waals surface area contributed by atoms with E-state index in [0.29, 0.717) is 50.3 Å². The molecule has 352 valence electrons. The van der Waals surface area contributed by atoms with Crippen LogP contribution < -0.4 is 10.6 Å². The highest BCUT2D eigenvalue weighted by Gasteiger charge is 2.43. The predicted octanol–water partition coefficient (Wildman–Crippen LogP) is 5.18. The Balaban J connectivity index is 1.68. The van der Waals surface area contributed by atoms with E-state index in [1.165, 1.54) is 27.5 Å². The number of nitrogens with one attached hydrogen (secondary N) is 2. The summed E-state index contributed by atoms with van der Waals surface area (Å²) < 4.78 is 12.2. The molecule has 7 unspecified atom stereocenters. The lowest BCUT2D eigenvalue weighted by atomic mass is 9.89. The smallest absolute Gasteiger partial charge is 0.253 e. The first kappa shape index (κ1) is 53.1. The Morgan fingerprint density at radius 3 is 2.11 bits per heavy atom. The number of likely N-dealkylation sites (tertiary alicyclic amines) is 1. The van der Waals surface area contributed by atoms with E-state index in [1.54, 1.807) is 33.2 Å². The highest BCUT2D eigenvalue weighted by atomic mass is 32.1. The lowest BCUT2D eigenvalue weighted by Gasteiger charge is -2.41. The van der Waals surface area contributed by atoms with Gasteiger partial charge in [0.1, 0.15) is 12.1 Å². The van der Waals surface area contributed by atoms with Crippen molar-refractivity contribution in [2.75, 3.05) is 47.9 Å². The van der Waals surface area contributed by atoms with Gasteiger partial charge < -0.3 is 34.8 Å². The van der Waals surface area contributed by atoms with Crippen molar-refractivity contribution in [3.05, 3.63) is 48.0 Å². The molecule has 14 nitrogen and oxygen atoms in total. The van der Waals surface area contributed by atoms with Crippen molar-refractivity contribution in [1.29, 1.82) is 0 Å².